The molecule has 3 aromatic rings. The summed E-state index contributed by atoms with van der Waals surface area (Å²) >= 11 is 0. The van der Waals surface area contributed by atoms with E-state index in [0.29, 0.717) is 11.3 Å². The molecular weight excluding hydrogens is 418 g/mol. The van der Waals surface area contributed by atoms with Crippen LogP contribution < -0.4 is 0 Å². The van der Waals surface area contributed by atoms with Crippen LogP contribution in [0.25, 0.3) is 5.70 Å². The lowest BCUT2D eigenvalue weighted by atomic mass is 10.0. The van der Waals surface area contributed by atoms with Crippen LogP contribution in [0.15, 0.2) is 102 Å². The molecular formula is C27H27NO3S. The Morgan fingerprint density at radius 2 is 1.47 bits per heavy atom. The zero-order chi connectivity index (χ0) is 22.7. The van der Waals surface area contributed by atoms with Gasteiger partial charge in [-0.05, 0) is 48.8 Å². The maximum Gasteiger partial charge on any atom is 0.264 e. The molecule has 164 valence electrons. The molecule has 0 radical (unpaired) electrons. The number of nitrogens with zero attached hydrogens (tertiary/aromatic N) is 1. The molecule has 0 spiro atoms. The molecule has 1 atom stereocenters. The van der Waals surface area contributed by atoms with Crippen LogP contribution in [0.2, 0.25) is 0 Å². The minimum absolute atomic E-state index is 0.150. The Balaban J connectivity index is 1.90. The van der Waals surface area contributed by atoms with E-state index in [-0.39, 0.29) is 18.0 Å². The monoisotopic (exact) mass is 445 g/mol. The Hall–Kier alpha value is -3.15. The summed E-state index contributed by atoms with van der Waals surface area (Å²) in [5.41, 5.74) is 5.16. The average Bonchev–Trinajstić information content (AvgIpc) is 2.78. The molecule has 1 aliphatic rings. The van der Waals surface area contributed by atoms with Gasteiger partial charge in [-0.3, -0.25) is 4.31 Å². The SMILES string of the molecule is C=C1COC(c2ccccc2)/C=C(/c2ccc(C)cc2)N(S(=O)(=O)c2ccc(C)cc2)C1. The summed E-state index contributed by atoms with van der Waals surface area (Å²) in [4.78, 5) is 0.256. The Bertz CT molecular complexity index is 1230. The molecule has 0 saturated heterocycles. The van der Waals surface area contributed by atoms with Crippen molar-refractivity contribution in [2.24, 2.45) is 0 Å². The van der Waals surface area contributed by atoms with E-state index in [2.05, 4.69) is 6.58 Å². The zero-order valence-electron chi connectivity index (χ0n) is 18.4. The molecule has 32 heavy (non-hydrogen) atoms. The standard InChI is InChI=1S/C27H27NO3S/c1-20-9-13-23(14-10-20)26-17-27(24-7-5-4-6-8-24)31-19-22(3)18-28(26)32(29,30)25-15-11-21(2)12-16-25/h4-17,27H,3,18-19H2,1-2H3/b26-17-. The summed E-state index contributed by atoms with van der Waals surface area (Å²) in [6.45, 7) is 8.47. The number of benzene rings is 3. The van der Waals surface area contributed by atoms with Gasteiger partial charge in [0, 0.05) is 0 Å². The second-order valence-electron chi connectivity index (χ2n) is 8.13. The Morgan fingerprint density at radius 3 is 2.09 bits per heavy atom. The highest BCUT2D eigenvalue weighted by atomic mass is 32.2. The van der Waals surface area contributed by atoms with Crippen LogP contribution in [0, 0.1) is 13.8 Å². The van der Waals surface area contributed by atoms with Gasteiger partial charge in [0.25, 0.3) is 10.0 Å². The lowest BCUT2D eigenvalue weighted by Crippen LogP contribution is -2.34. The number of aryl methyl sites for hydroxylation is 2. The van der Waals surface area contributed by atoms with Crippen molar-refractivity contribution in [1.29, 1.82) is 0 Å². The van der Waals surface area contributed by atoms with Crippen molar-refractivity contribution >= 4 is 15.7 Å². The third-order valence-corrected chi connectivity index (χ3v) is 7.27. The van der Waals surface area contributed by atoms with Gasteiger partial charge >= 0.3 is 0 Å². The fourth-order valence-electron chi connectivity index (χ4n) is 3.67. The normalized spacial score (nSPS) is 19.1. The van der Waals surface area contributed by atoms with Gasteiger partial charge in [0.05, 0.1) is 23.7 Å². The second kappa shape index (κ2) is 9.15. The van der Waals surface area contributed by atoms with Gasteiger partial charge in [-0.2, -0.15) is 0 Å². The van der Waals surface area contributed by atoms with Crippen molar-refractivity contribution in [3.8, 4) is 0 Å². The van der Waals surface area contributed by atoms with Crippen LogP contribution in [0.1, 0.15) is 28.4 Å². The van der Waals surface area contributed by atoms with Crippen LogP contribution >= 0.6 is 0 Å². The van der Waals surface area contributed by atoms with Crippen molar-refractivity contribution in [3.05, 3.63) is 119 Å². The van der Waals surface area contributed by atoms with Crippen molar-refractivity contribution < 1.29 is 13.2 Å². The van der Waals surface area contributed by atoms with E-state index in [4.69, 9.17) is 4.74 Å². The quantitative estimate of drug-likeness (QED) is 0.487. The molecule has 1 heterocycles. The highest BCUT2D eigenvalue weighted by Crippen LogP contribution is 2.34. The van der Waals surface area contributed by atoms with Gasteiger partial charge in [-0.25, -0.2) is 8.42 Å². The van der Waals surface area contributed by atoms with E-state index in [1.807, 2.05) is 86.7 Å². The van der Waals surface area contributed by atoms with E-state index >= 15 is 0 Å². The van der Waals surface area contributed by atoms with Gasteiger partial charge in [0.15, 0.2) is 0 Å². The van der Waals surface area contributed by atoms with E-state index in [9.17, 15) is 8.42 Å². The molecule has 4 nitrogen and oxygen atoms in total. The van der Waals surface area contributed by atoms with Crippen molar-refractivity contribution in [2.45, 2.75) is 24.8 Å². The van der Waals surface area contributed by atoms with Crippen LogP contribution in [0.4, 0.5) is 0 Å². The predicted molar refractivity (Wildman–Crippen MR) is 129 cm³/mol. The highest BCUT2D eigenvalue weighted by molar-refractivity contribution is 7.89. The fourth-order valence-corrected chi connectivity index (χ4v) is 5.18. The predicted octanol–water partition coefficient (Wildman–Crippen LogP) is 5.66. The van der Waals surface area contributed by atoms with Crippen LogP contribution in [0.5, 0.6) is 0 Å². The maximum absolute atomic E-state index is 13.8. The van der Waals surface area contributed by atoms with Gasteiger partial charge in [-0.15, -0.1) is 0 Å². The number of ether oxygens (including phenoxy) is 1. The van der Waals surface area contributed by atoms with Crippen molar-refractivity contribution in [3.63, 3.8) is 0 Å². The molecule has 0 saturated carbocycles. The van der Waals surface area contributed by atoms with E-state index in [1.165, 1.54) is 4.31 Å². The van der Waals surface area contributed by atoms with Crippen LogP contribution in [-0.4, -0.2) is 25.9 Å². The van der Waals surface area contributed by atoms with Crippen molar-refractivity contribution in [1.82, 2.24) is 4.31 Å². The van der Waals surface area contributed by atoms with E-state index < -0.39 is 16.1 Å². The van der Waals surface area contributed by atoms with Crippen molar-refractivity contribution in [2.75, 3.05) is 13.2 Å². The summed E-state index contributed by atoms with van der Waals surface area (Å²) in [6.07, 6.45) is 1.50. The molecule has 1 aliphatic heterocycles. The smallest absolute Gasteiger partial charge is 0.264 e. The minimum atomic E-state index is -3.82. The Kier molecular flexibility index (Phi) is 6.31. The lowest BCUT2D eigenvalue weighted by Gasteiger charge is -2.32. The molecule has 0 fully saturated rings. The van der Waals surface area contributed by atoms with Crippen LogP contribution in [0.3, 0.4) is 0 Å². The molecule has 0 bridgehead atoms. The van der Waals surface area contributed by atoms with Gasteiger partial charge < -0.3 is 4.74 Å². The largest absolute Gasteiger partial charge is 0.365 e. The fraction of sp³-hybridized carbons (Fsp3) is 0.185. The summed E-state index contributed by atoms with van der Waals surface area (Å²) < 4.78 is 35.2. The molecule has 5 heteroatoms. The van der Waals surface area contributed by atoms with Gasteiger partial charge in [0.1, 0.15) is 6.10 Å². The summed E-state index contributed by atoms with van der Waals surface area (Å²) in [6, 6.07) is 24.6. The Morgan fingerprint density at radius 1 is 0.875 bits per heavy atom. The number of hydrogen-bond donors (Lipinski definition) is 0. The number of sulfonamides is 1. The third-order valence-electron chi connectivity index (χ3n) is 5.50. The molecule has 0 aliphatic carbocycles. The Labute approximate surface area is 190 Å². The number of hydrogen-bond acceptors (Lipinski definition) is 3. The first-order valence-electron chi connectivity index (χ1n) is 10.6. The second-order valence-corrected chi connectivity index (χ2v) is 10.00. The van der Waals surface area contributed by atoms with Gasteiger partial charge in [-0.1, -0.05) is 84.4 Å². The first-order chi connectivity index (χ1) is 15.3. The molecule has 0 aromatic heterocycles. The summed E-state index contributed by atoms with van der Waals surface area (Å²) in [5, 5.41) is 0. The molecule has 0 amide bonds. The first kappa shape index (κ1) is 22.1. The molecule has 0 N–H and O–H groups in total. The average molecular weight is 446 g/mol. The van der Waals surface area contributed by atoms with Gasteiger partial charge in [0.2, 0.25) is 0 Å². The van der Waals surface area contributed by atoms with E-state index in [0.717, 1.165) is 22.3 Å². The molecule has 3 aromatic carbocycles. The number of rotatable bonds is 4. The first-order valence-corrected chi connectivity index (χ1v) is 12.0. The third kappa shape index (κ3) is 4.69. The summed E-state index contributed by atoms with van der Waals surface area (Å²) in [7, 11) is -3.82. The molecule has 1 unspecified atom stereocenters. The van der Waals surface area contributed by atoms with Crippen LogP contribution in [-0.2, 0) is 14.8 Å². The zero-order valence-corrected chi connectivity index (χ0v) is 19.2. The highest BCUT2D eigenvalue weighted by Gasteiger charge is 2.30. The molecule has 4 rings (SSSR count). The minimum Gasteiger partial charge on any atom is -0.365 e. The maximum atomic E-state index is 13.8. The topological polar surface area (TPSA) is 46.6 Å². The van der Waals surface area contributed by atoms with E-state index in [1.54, 1.807) is 12.1 Å². The lowest BCUT2D eigenvalue weighted by molar-refractivity contribution is 0.100. The summed E-state index contributed by atoms with van der Waals surface area (Å²) in [5.74, 6) is 0.